The van der Waals surface area contributed by atoms with Crippen LogP contribution in [-0.4, -0.2) is 9.97 Å². The molecule has 2 aromatic heterocycles. The van der Waals surface area contributed by atoms with Gasteiger partial charge in [0.25, 0.3) is 0 Å². The molecule has 0 spiro atoms. The van der Waals surface area contributed by atoms with Gasteiger partial charge in [-0.25, -0.2) is 4.98 Å². The molecule has 1 N–H and O–H groups in total. The minimum Gasteiger partial charge on any atom is -0.487 e. The highest BCUT2D eigenvalue weighted by Crippen LogP contribution is 2.23. The molecule has 2 aromatic carbocycles. The number of benzene rings is 2. The van der Waals surface area contributed by atoms with Crippen LogP contribution in [0.5, 0.6) is 5.75 Å². The van der Waals surface area contributed by atoms with Gasteiger partial charge in [0.15, 0.2) is 0 Å². The van der Waals surface area contributed by atoms with Gasteiger partial charge in [0.05, 0.1) is 11.2 Å². The summed E-state index contributed by atoms with van der Waals surface area (Å²) >= 11 is 0. The Morgan fingerprint density at radius 1 is 0.958 bits per heavy atom. The first kappa shape index (κ1) is 14.8. The van der Waals surface area contributed by atoms with Gasteiger partial charge in [-0.1, -0.05) is 37.6 Å². The van der Waals surface area contributed by atoms with Crippen LogP contribution < -0.4 is 4.74 Å². The van der Waals surface area contributed by atoms with Crippen LogP contribution in [0.2, 0.25) is 0 Å². The summed E-state index contributed by atoms with van der Waals surface area (Å²) in [6.45, 7) is 2.67. The summed E-state index contributed by atoms with van der Waals surface area (Å²) in [5.74, 6) is 0.875. The molecule has 0 aliphatic rings. The van der Waals surface area contributed by atoms with Crippen molar-refractivity contribution in [1.82, 2.24) is 9.97 Å². The lowest BCUT2D eigenvalue weighted by atomic mass is 10.2. The van der Waals surface area contributed by atoms with Gasteiger partial charge in [0, 0.05) is 22.0 Å². The van der Waals surface area contributed by atoms with Crippen LogP contribution in [0.1, 0.15) is 24.7 Å². The largest absolute Gasteiger partial charge is 0.487 e. The maximum atomic E-state index is 5.94. The monoisotopic (exact) mass is 316 g/mol. The smallest absolute Gasteiger partial charge is 0.130 e. The van der Waals surface area contributed by atoms with E-state index in [0.717, 1.165) is 40.7 Å². The lowest BCUT2D eigenvalue weighted by Gasteiger charge is -2.07. The van der Waals surface area contributed by atoms with E-state index in [1.54, 1.807) is 0 Å². The summed E-state index contributed by atoms with van der Waals surface area (Å²) in [6.07, 6.45) is 2.22. The average Bonchev–Trinajstić information content (AvgIpc) is 3.01. The molecule has 2 heterocycles. The molecule has 0 amide bonds. The molecule has 0 bridgehead atoms. The summed E-state index contributed by atoms with van der Waals surface area (Å²) in [5.41, 5.74) is 4.38. The summed E-state index contributed by atoms with van der Waals surface area (Å²) in [4.78, 5) is 8.10. The van der Waals surface area contributed by atoms with E-state index in [1.165, 1.54) is 11.1 Å². The first-order valence-corrected chi connectivity index (χ1v) is 8.41. The normalized spacial score (nSPS) is 11.2. The van der Waals surface area contributed by atoms with Crippen LogP contribution in [0.4, 0.5) is 0 Å². The highest BCUT2D eigenvalue weighted by atomic mass is 16.5. The lowest BCUT2D eigenvalue weighted by molar-refractivity contribution is 0.302. The van der Waals surface area contributed by atoms with E-state index in [0.29, 0.717) is 6.61 Å². The topological polar surface area (TPSA) is 37.9 Å². The number of nitrogens with one attached hydrogen (secondary N) is 1. The van der Waals surface area contributed by atoms with Crippen LogP contribution in [0.15, 0.2) is 60.7 Å². The predicted octanol–water partition coefficient (Wildman–Crippen LogP) is 5.25. The fraction of sp³-hybridized carbons (Fsp3) is 0.190. The van der Waals surface area contributed by atoms with Gasteiger partial charge >= 0.3 is 0 Å². The second-order valence-corrected chi connectivity index (χ2v) is 6.08. The minimum atomic E-state index is 0.475. The Morgan fingerprint density at radius 2 is 1.88 bits per heavy atom. The van der Waals surface area contributed by atoms with Gasteiger partial charge in [0.1, 0.15) is 12.4 Å². The number of hydrogen-bond acceptors (Lipinski definition) is 2. The van der Waals surface area contributed by atoms with Crippen molar-refractivity contribution in [3.05, 3.63) is 72.1 Å². The number of fused-ring (bicyclic) bond motifs is 2. The summed E-state index contributed by atoms with van der Waals surface area (Å²) in [7, 11) is 0. The van der Waals surface area contributed by atoms with Crippen LogP contribution in [0, 0.1) is 0 Å². The number of rotatable bonds is 5. The highest BCUT2D eigenvalue weighted by molar-refractivity contribution is 5.82. The van der Waals surface area contributed by atoms with E-state index in [1.807, 2.05) is 30.3 Å². The number of aryl methyl sites for hydroxylation is 1. The predicted molar refractivity (Wildman–Crippen MR) is 98.4 cm³/mol. The zero-order valence-corrected chi connectivity index (χ0v) is 13.8. The minimum absolute atomic E-state index is 0.475. The van der Waals surface area contributed by atoms with Gasteiger partial charge < -0.3 is 9.72 Å². The van der Waals surface area contributed by atoms with E-state index in [2.05, 4.69) is 47.2 Å². The van der Waals surface area contributed by atoms with Crippen LogP contribution in [0.3, 0.4) is 0 Å². The number of ether oxygens (including phenoxy) is 1. The van der Waals surface area contributed by atoms with E-state index in [4.69, 9.17) is 4.74 Å². The number of pyridine rings is 1. The van der Waals surface area contributed by atoms with E-state index in [9.17, 15) is 0 Å². The van der Waals surface area contributed by atoms with Crippen LogP contribution in [-0.2, 0) is 13.0 Å². The zero-order chi connectivity index (χ0) is 16.4. The molecular weight excluding hydrogens is 296 g/mol. The van der Waals surface area contributed by atoms with E-state index >= 15 is 0 Å². The molecule has 0 radical (unpaired) electrons. The molecule has 0 atom stereocenters. The Morgan fingerprint density at radius 3 is 2.79 bits per heavy atom. The Hall–Kier alpha value is -2.81. The Bertz CT molecular complexity index is 987. The fourth-order valence-electron chi connectivity index (χ4n) is 3.01. The molecule has 0 aliphatic carbocycles. The maximum absolute atomic E-state index is 5.94. The number of hydrogen-bond donors (Lipinski definition) is 1. The van der Waals surface area contributed by atoms with Crippen LogP contribution >= 0.6 is 0 Å². The molecule has 0 saturated heterocycles. The zero-order valence-electron chi connectivity index (χ0n) is 13.8. The third-order valence-corrected chi connectivity index (χ3v) is 4.21. The van der Waals surface area contributed by atoms with Crippen molar-refractivity contribution in [2.45, 2.75) is 26.4 Å². The van der Waals surface area contributed by atoms with E-state index < -0.39 is 0 Å². The Labute approximate surface area is 141 Å². The van der Waals surface area contributed by atoms with Crippen molar-refractivity contribution in [2.75, 3.05) is 0 Å². The molecule has 0 saturated carbocycles. The summed E-state index contributed by atoms with van der Waals surface area (Å²) in [6, 6.07) is 20.6. The molecule has 0 aliphatic heterocycles. The quantitative estimate of drug-likeness (QED) is 0.546. The summed E-state index contributed by atoms with van der Waals surface area (Å²) in [5, 5.41) is 2.35. The lowest BCUT2D eigenvalue weighted by Crippen LogP contribution is -1.98. The fourth-order valence-corrected chi connectivity index (χ4v) is 3.01. The molecule has 120 valence electrons. The van der Waals surface area contributed by atoms with Crippen molar-refractivity contribution in [1.29, 1.82) is 0 Å². The van der Waals surface area contributed by atoms with Crippen molar-refractivity contribution < 1.29 is 4.74 Å². The van der Waals surface area contributed by atoms with Gasteiger partial charge in [0.2, 0.25) is 0 Å². The molecule has 0 unspecified atom stereocenters. The molecule has 24 heavy (non-hydrogen) atoms. The first-order chi connectivity index (χ1) is 11.8. The van der Waals surface area contributed by atoms with Gasteiger partial charge in [-0.05, 0) is 42.8 Å². The van der Waals surface area contributed by atoms with Gasteiger partial charge in [-0.3, -0.25) is 0 Å². The van der Waals surface area contributed by atoms with E-state index in [-0.39, 0.29) is 0 Å². The molecule has 4 rings (SSSR count). The number of H-pyrrole nitrogens is 1. The second-order valence-electron chi connectivity index (χ2n) is 6.08. The Kier molecular flexibility index (Phi) is 3.91. The van der Waals surface area contributed by atoms with Gasteiger partial charge in [-0.2, -0.15) is 0 Å². The number of nitrogens with zero attached hydrogens (tertiary/aromatic N) is 1. The first-order valence-electron chi connectivity index (χ1n) is 8.41. The average molecular weight is 316 g/mol. The molecule has 3 nitrogen and oxygen atoms in total. The second kappa shape index (κ2) is 6.36. The molecule has 0 fully saturated rings. The number of aromatic amines is 1. The molecule has 4 aromatic rings. The SMILES string of the molecule is CCCc1cc2cc(OCc3ccc4ccccc4n3)ccc2[nH]1. The van der Waals surface area contributed by atoms with Crippen molar-refractivity contribution in [2.24, 2.45) is 0 Å². The van der Waals surface area contributed by atoms with Crippen molar-refractivity contribution in [3.63, 3.8) is 0 Å². The molecule has 3 heteroatoms. The summed E-state index contributed by atoms with van der Waals surface area (Å²) < 4.78 is 5.94. The molecular formula is C21H20N2O. The van der Waals surface area contributed by atoms with Crippen molar-refractivity contribution >= 4 is 21.8 Å². The number of para-hydroxylation sites is 1. The third kappa shape index (κ3) is 2.98. The maximum Gasteiger partial charge on any atom is 0.130 e. The standard InChI is InChI=1S/C21H20N2O/c1-2-5-17-12-16-13-19(10-11-21(16)22-17)24-14-18-9-8-15-6-3-4-7-20(15)23-18/h3-4,6-13,22H,2,5,14H2,1H3. The number of aromatic nitrogens is 2. The Balaban J connectivity index is 1.52. The third-order valence-electron chi connectivity index (χ3n) is 4.21. The van der Waals surface area contributed by atoms with Crippen molar-refractivity contribution in [3.8, 4) is 5.75 Å². The highest BCUT2D eigenvalue weighted by Gasteiger charge is 2.04. The van der Waals surface area contributed by atoms with Gasteiger partial charge in [-0.15, -0.1) is 0 Å². The van der Waals surface area contributed by atoms with Crippen LogP contribution in [0.25, 0.3) is 21.8 Å².